The lowest BCUT2D eigenvalue weighted by atomic mass is 9.76. The van der Waals surface area contributed by atoms with E-state index in [0.717, 1.165) is 12.8 Å². The predicted octanol–water partition coefficient (Wildman–Crippen LogP) is 2.62. The molecule has 0 radical (unpaired) electrons. The van der Waals surface area contributed by atoms with Gasteiger partial charge in [-0.15, -0.1) is 0 Å². The zero-order chi connectivity index (χ0) is 14.3. The molecule has 0 bridgehead atoms. The molecule has 2 unspecified atom stereocenters. The van der Waals surface area contributed by atoms with Crippen molar-refractivity contribution >= 4 is 11.9 Å². The number of cyclic esters (lactones) is 1. The molecule has 0 aromatic heterocycles. The number of hydrogen-bond acceptors (Lipinski definition) is 4. The summed E-state index contributed by atoms with van der Waals surface area (Å²) in [5.41, 5.74) is 0.355. The summed E-state index contributed by atoms with van der Waals surface area (Å²) in [4.78, 5) is 24.0. The van der Waals surface area contributed by atoms with Crippen molar-refractivity contribution in [1.29, 1.82) is 0 Å². The first-order chi connectivity index (χ1) is 8.74. The first-order valence-electron chi connectivity index (χ1n) is 6.78. The van der Waals surface area contributed by atoms with Gasteiger partial charge in [0.15, 0.2) is 0 Å². The zero-order valence-electron chi connectivity index (χ0n) is 12.1. The SMILES string of the molecule is CC1=CCC(C)(C(=O)OC2C(=O)OCC2(C)C)CC1. The van der Waals surface area contributed by atoms with Crippen LogP contribution >= 0.6 is 0 Å². The van der Waals surface area contributed by atoms with Gasteiger partial charge in [-0.25, -0.2) is 4.79 Å². The molecule has 2 aliphatic rings. The first kappa shape index (κ1) is 14.1. The summed E-state index contributed by atoms with van der Waals surface area (Å²) >= 11 is 0. The van der Waals surface area contributed by atoms with E-state index in [2.05, 4.69) is 13.0 Å². The molecule has 19 heavy (non-hydrogen) atoms. The number of carbonyl (C=O) groups excluding carboxylic acids is 2. The summed E-state index contributed by atoms with van der Waals surface area (Å²) in [7, 11) is 0. The lowest BCUT2D eigenvalue weighted by molar-refractivity contribution is -0.171. The van der Waals surface area contributed by atoms with Crippen LogP contribution in [0.4, 0.5) is 0 Å². The largest absolute Gasteiger partial charge is 0.462 e. The van der Waals surface area contributed by atoms with Crippen LogP contribution in [0.5, 0.6) is 0 Å². The maximum atomic E-state index is 12.4. The van der Waals surface area contributed by atoms with Gasteiger partial charge in [0.2, 0.25) is 6.10 Å². The minimum absolute atomic E-state index is 0.284. The third-order valence-electron chi connectivity index (χ3n) is 4.20. The second-order valence-electron chi connectivity index (χ2n) is 6.70. The Morgan fingerprint density at radius 1 is 1.42 bits per heavy atom. The molecule has 4 heteroatoms. The third-order valence-corrected chi connectivity index (χ3v) is 4.20. The number of hydrogen-bond donors (Lipinski definition) is 0. The number of esters is 2. The topological polar surface area (TPSA) is 52.6 Å². The van der Waals surface area contributed by atoms with E-state index in [1.54, 1.807) is 0 Å². The molecule has 1 aliphatic heterocycles. The molecule has 106 valence electrons. The summed E-state index contributed by atoms with van der Waals surface area (Å²) in [6.07, 6.45) is 3.67. The van der Waals surface area contributed by atoms with E-state index < -0.39 is 22.9 Å². The minimum Gasteiger partial charge on any atom is -0.462 e. The lowest BCUT2D eigenvalue weighted by Gasteiger charge is -2.32. The van der Waals surface area contributed by atoms with Gasteiger partial charge in [-0.05, 0) is 33.1 Å². The Bertz CT molecular complexity index is 435. The van der Waals surface area contributed by atoms with Crippen LogP contribution in [0.3, 0.4) is 0 Å². The maximum Gasteiger partial charge on any atom is 0.348 e. The van der Waals surface area contributed by atoms with E-state index in [-0.39, 0.29) is 5.97 Å². The molecular weight excluding hydrogens is 244 g/mol. The van der Waals surface area contributed by atoms with Crippen LogP contribution in [0.25, 0.3) is 0 Å². The molecule has 0 N–H and O–H groups in total. The molecule has 0 amide bonds. The van der Waals surface area contributed by atoms with Crippen LogP contribution in [-0.4, -0.2) is 24.6 Å². The van der Waals surface area contributed by atoms with E-state index in [1.807, 2.05) is 20.8 Å². The monoisotopic (exact) mass is 266 g/mol. The maximum absolute atomic E-state index is 12.4. The Morgan fingerprint density at radius 3 is 2.58 bits per heavy atom. The Hall–Kier alpha value is -1.32. The van der Waals surface area contributed by atoms with Crippen LogP contribution < -0.4 is 0 Å². The normalized spacial score (nSPS) is 33.6. The van der Waals surface area contributed by atoms with E-state index in [1.165, 1.54) is 5.57 Å². The van der Waals surface area contributed by atoms with E-state index in [9.17, 15) is 9.59 Å². The van der Waals surface area contributed by atoms with Gasteiger partial charge >= 0.3 is 11.9 Å². The summed E-state index contributed by atoms with van der Waals surface area (Å²) < 4.78 is 10.5. The molecule has 2 atom stereocenters. The molecule has 1 aliphatic carbocycles. The van der Waals surface area contributed by atoms with Crippen molar-refractivity contribution in [3.63, 3.8) is 0 Å². The molecular formula is C15H22O4. The van der Waals surface area contributed by atoms with Gasteiger partial charge < -0.3 is 9.47 Å². The summed E-state index contributed by atoms with van der Waals surface area (Å²) in [6, 6.07) is 0. The molecule has 1 heterocycles. The highest BCUT2D eigenvalue weighted by atomic mass is 16.6. The number of ether oxygens (including phenoxy) is 2. The van der Waals surface area contributed by atoms with E-state index >= 15 is 0 Å². The second kappa shape index (κ2) is 4.66. The van der Waals surface area contributed by atoms with E-state index in [4.69, 9.17) is 9.47 Å². The van der Waals surface area contributed by atoms with Gasteiger partial charge in [0, 0.05) is 5.41 Å². The smallest absolute Gasteiger partial charge is 0.348 e. The Labute approximate surface area is 114 Å². The fourth-order valence-electron chi connectivity index (χ4n) is 2.45. The van der Waals surface area contributed by atoms with Gasteiger partial charge in [0.25, 0.3) is 0 Å². The number of carbonyl (C=O) groups is 2. The number of allylic oxidation sites excluding steroid dienone is 2. The molecule has 0 aromatic carbocycles. The van der Waals surface area contributed by atoms with Crippen molar-refractivity contribution in [2.24, 2.45) is 10.8 Å². The molecule has 0 saturated carbocycles. The van der Waals surface area contributed by atoms with Gasteiger partial charge in [-0.1, -0.05) is 25.5 Å². The summed E-state index contributed by atoms with van der Waals surface area (Å²) in [5.74, 6) is -0.711. The summed E-state index contributed by atoms with van der Waals surface area (Å²) in [5, 5.41) is 0. The number of rotatable bonds is 2. The Kier molecular flexibility index (Phi) is 3.45. The molecule has 1 fully saturated rings. The third kappa shape index (κ3) is 2.67. The molecule has 0 aromatic rings. The van der Waals surface area contributed by atoms with Crippen molar-refractivity contribution in [2.45, 2.75) is 53.1 Å². The predicted molar refractivity (Wildman–Crippen MR) is 70.3 cm³/mol. The van der Waals surface area contributed by atoms with Crippen LogP contribution in [0, 0.1) is 10.8 Å². The average molecular weight is 266 g/mol. The molecule has 2 rings (SSSR count). The Balaban J connectivity index is 2.07. The van der Waals surface area contributed by atoms with Crippen LogP contribution in [-0.2, 0) is 19.1 Å². The standard InChI is InChI=1S/C15H22O4/c1-10-5-7-15(4,8-6-10)13(17)19-11-12(16)18-9-14(11,2)3/h5,11H,6-9H2,1-4H3. The van der Waals surface area contributed by atoms with Gasteiger partial charge in [-0.2, -0.15) is 0 Å². The first-order valence-corrected chi connectivity index (χ1v) is 6.78. The second-order valence-corrected chi connectivity index (χ2v) is 6.70. The van der Waals surface area contributed by atoms with Gasteiger partial charge in [-0.3, -0.25) is 4.79 Å². The fraction of sp³-hybridized carbons (Fsp3) is 0.733. The van der Waals surface area contributed by atoms with Crippen molar-refractivity contribution in [2.75, 3.05) is 6.61 Å². The van der Waals surface area contributed by atoms with E-state index in [0.29, 0.717) is 13.0 Å². The van der Waals surface area contributed by atoms with Crippen molar-refractivity contribution in [1.82, 2.24) is 0 Å². The van der Waals surface area contributed by atoms with Crippen molar-refractivity contribution in [3.8, 4) is 0 Å². The van der Waals surface area contributed by atoms with Crippen molar-refractivity contribution in [3.05, 3.63) is 11.6 Å². The molecule has 1 saturated heterocycles. The quantitative estimate of drug-likeness (QED) is 0.569. The van der Waals surface area contributed by atoms with Crippen LogP contribution in [0.15, 0.2) is 11.6 Å². The van der Waals surface area contributed by atoms with Crippen molar-refractivity contribution < 1.29 is 19.1 Å². The summed E-state index contributed by atoms with van der Waals surface area (Å²) in [6.45, 7) is 8.04. The lowest BCUT2D eigenvalue weighted by Crippen LogP contribution is -2.40. The van der Waals surface area contributed by atoms with Crippen LogP contribution in [0.1, 0.15) is 47.0 Å². The fourth-order valence-corrected chi connectivity index (χ4v) is 2.45. The highest BCUT2D eigenvalue weighted by Crippen LogP contribution is 2.38. The zero-order valence-corrected chi connectivity index (χ0v) is 12.1. The van der Waals surface area contributed by atoms with Gasteiger partial charge in [0.1, 0.15) is 6.61 Å². The average Bonchev–Trinajstić information content (AvgIpc) is 2.60. The molecule has 0 spiro atoms. The molecule has 4 nitrogen and oxygen atoms in total. The van der Waals surface area contributed by atoms with Gasteiger partial charge in [0.05, 0.1) is 5.41 Å². The Morgan fingerprint density at radius 2 is 2.11 bits per heavy atom. The highest BCUT2D eigenvalue weighted by Gasteiger charge is 2.48. The minimum atomic E-state index is -0.774. The highest BCUT2D eigenvalue weighted by molar-refractivity contribution is 5.84. The van der Waals surface area contributed by atoms with Crippen LogP contribution in [0.2, 0.25) is 0 Å².